The lowest BCUT2D eigenvalue weighted by Gasteiger charge is -1.94. The Morgan fingerprint density at radius 2 is 2.20 bits per heavy atom. The fourth-order valence-electron chi connectivity index (χ4n) is 1.55. The normalized spacial score (nSPS) is 11.0. The Morgan fingerprint density at radius 3 is 3.00 bits per heavy atom. The fraction of sp³-hybridized carbons (Fsp3) is 0. The van der Waals surface area contributed by atoms with Crippen LogP contribution >= 0.6 is 27.3 Å². The molecule has 2 aromatic heterocycles. The highest BCUT2D eigenvalue weighted by Gasteiger charge is 2.08. The molecule has 0 spiro atoms. The summed E-state index contributed by atoms with van der Waals surface area (Å²) in [6.07, 6.45) is 1.59. The topological polar surface area (TPSA) is 26.0 Å². The smallest absolute Gasteiger partial charge is 0.124 e. The first-order valence-corrected chi connectivity index (χ1v) is 6.09. The van der Waals surface area contributed by atoms with E-state index in [4.69, 9.17) is 4.52 Å². The van der Waals surface area contributed by atoms with E-state index in [2.05, 4.69) is 38.6 Å². The van der Waals surface area contributed by atoms with Gasteiger partial charge in [0.25, 0.3) is 0 Å². The SMILES string of the molecule is Brc1ccc2scc(-c3ccon3)c2c1. The minimum Gasteiger partial charge on any atom is -0.364 e. The van der Waals surface area contributed by atoms with Crippen LogP contribution in [-0.4, -0.2) is 5.16 Å². The minimum absolute atomic E-state index is 0.888. The molecule has 3 rings (SSSR count). The zero-order valence-corrected chi connectivity index (χ0v) is 10.0. The van der Waals surface area contributed by atoms with E-state index in [1.165, 1.54) is 10.1 Å². The van der Waals surface area contributed by atoms with E-state index in [-0.39, 0.29) is 0 Å². The summed E-state index contributed by atoms with van der Waals surface area (Å²) < 4.78 is 7.20. The number of aromatic nitrogens is 1. The molecule has 0 unspecified atom stereocenters. The van der Waals surface area contributed by atoms with Gasteiger partial charge in [-0.3, -0.25) is 0 Å². The lowest BCUT2D eigenvalue weighted by molar-refractivity contribution is 0.422. The first-order chi connectivity index (χ1) is 7.34. The highest BCUT2D eigenvalue weighted by Crippen LogP contribution is 2.34. The Labute approximate surface area is 98.6 Å². The zero-order valence-electron chi connectivity index (χ0n) is 7.61. The van der Waals surface area contributed by atoms with Crippen molar-refractivity contribution in [2.24, 2.45) is 0 Å². The molecule has 0 aliphatic carbocycles. The molecule has 0 fully saturated rings. The van der Waals surface area contributed by atoms with Crippen molar-refractivity contribution < 1.29 is 4.52 Å². The molecule has 0 aliphatic rings. The summed E-state index contributed by atoms with van der Waals surface area (Å²) in [5.74, 6) is 0. The number of rotatable bonds is 1. The molecule has 0 saturated heterocycles. The molecular formula is C11H6BrNOS. The highest BCUT2D eigenvalue weighted by molar-refractivity contribution is 9.10. The lowest BCUT2D eigenvalue weighted by Crippen LogP contribution is -1.73. The van der Waals surface area contributed by atoms with E-state index in [1.807, 2.05) is 12.1 Å². The largest absolute Gasteiger partial charge is 0.364 e. The van der Waals surface area contributed by atoms with E-state index in [1.54, 1.807) is 17.6 Å². The number of thiophene rings is 1. The number of hydrogen-bond acceptors (Lipinski definition) is 3. The maximum atomic E-state index is 4.86. The van der Waals surface area contributed by atoms with Gasteiger partial charge in [0.05, 0.1) is 0 Å². The molecule has 74 valence electrons. The van der Waals surface area contributed by atoms with Crippen LogP contribution in [0.15, 0.2) is 44.9 Å². The second kappa shape index (κ2) is 3.47. The fourth-order valence-corrected chi connectivity index (χ4v) is 2.85. The van der Waals surface area contributed by atoms with E-state index in [9.17, 15) is 0 Å². The van der Waals surface area contributed by atoms with Crippen LogP contribution in [0, 0.1) is 0 Å². The molecule has 2 heterocycles. The van der Waals surface area contributed by atoms with Crippen molar-refractivity contribution in [3.63, 3.8) is 0 Å². The predicted octanol–water partition coefficient (Wildman–Crippen LogP) is 4.32. The van der Waals surface area contributed by atoms with Gasteiger partial charge in [0, 0.05) is 31.6 Å². The van der Waals surface area contributed by atoms with Crippen LogP contribution in [0.2, 0.25) is 0 Å². The molecule has 0 N–H and O–H groups in total. The van der Waals surface area contributed by atoms with Gasteiger partial charge in [-0.15, -0.1) is 11.3 Å². The summed E-state index contributed by atoms with van der Waals surface area (Å²) in [5, 5.41) is 7.27. The van der Waals surface area contributed by atoms with E-state index in [0.717, 1.165) is 15.7 Å². The van der Waals surface area contributed by atoms with E-state index < -0.39 is 0 Å². The van der Waals surface area contributed by atoms with Gasteiger partial charge in [0.15, 0.2) is 0 Å². The Kier molecular flexibility index (Phi) is 2.11. The van der Waals surface area contributed by atoms with Gasteiger partial charge in [-0.25, -0.2) is 0 Å². The molecule has 15 heavy (non-hydrogen) atoms. The van der Waals surface area contributed by atoms with Gasteiger partial charge in [0.2, 0.25) is 0 Å². The van der Waals surface area contributed by atoms with Crippen LogP contribution in [0.4, 0.5) is 0 Å². The van der Waals surface area contributed by atoms with Crippen molar-refractivity contribution in [3.8, 4) is 11.3 Å². The Bertz CT molecular complexity index is 600. The summed E-state index contributed by atoms with van der Waals surface area (Å²) in [4.78, 5) is 0. The van der Waals surface area contributed by atoms with Crippen molar-refractivity contribution >= 4 is 37.4 Å². The lowest BCUT2D eigenvalue weighted by atomic mass is 10.1. The van der Waals surface area contributed by atoms with Crippen molar-refractivity contribution in [1.82, 2.24) is 5.16 Å². The first-order valence-electron chi connectivity index (χ1n) is 4.42. The van der Waals surface area contributed by atoms with E-state index in [0.29, 0.717) is 0 Å². The third-order valence-corrected chi connectivity index (χ3v) is 3.71. The third kappa shape index (κ3) is 1.50. The second-order valence-corrected chi connectivity index (χ2v) is 5.00. The van der Waals surface area contributed by atoms with Gasteiger partial charge >= 0.3 is 0 Å². The van der Waals surface area contributed by atoms with Crippen LogP contribution in [-0.2, 0) is 0 Å². The Hall–Kier alpha value is -1.13. The highest BCUT2D eigenvalue weighted by atomic mass is 79.9. The molecule has 3 aromatic rings. The summed E-state index contributed by atoms with van der Waals surface area (Å²) in [7, 11) is 0. The van der Waals surface area contributed by atoms with E-state index >= 15 is 0 Å². The van der Waals surface area contributed by atoms with Crippen LogP contribution in [0.25, 0.3) is 21.3 Å². The average molecular weight is 280 g/mol. The summed E-state index contributed by atoms with van der Waals surface area (Å²) in [6.45, 7) is 0. The maximum absolute atomic E-state index is 4.86. The average Bonchev–Trinajstić information content (AvgIpc) is 2.83. The molecule has 0 radical (unpaired) electrons. The van der Waals surface area contributed by atoms with Gasteiger partial charge in [0.1, 0.15) is 12.0 Å². The number of fused-ring (bicyclic) bond motifs is 1. The maximum Gasteiger partial charge on any atom is 0.124 e. The quantitative estimate of drug-likeness (QED) is 0.663. The summed E-state index contributed by atoms with van der Waals surface area (Å²) >= 11 is 5.19. The van der Waals surface area contributed by atoms with Crippen LogP contribution in [0.1, 0.15) is 0 Å². The van der Waals surface area contributed by atoms with Gasteiger partial charge in [-0.2, -0.15) is 0 Å². The van der Waals surface area contributed by atoms with Crippen molar-refractivity contribution in [2.75, 3.05) is 0 Å². The second-order valence-electron chi connectivity index (χ2n) is 3.17. The summed E-state index contributed by atoms with van der Waals surface area (Å²) in [6, 6.07) is 8.14. The number of nitrogens with zero attached hydrogens (tertiary/aromatic N) is 1. The van der Waals surface area contributed by atoms with Gasteiger partial charge < -0.3 is 4.52 Å². The first kappa shape index (κ1) is 9.12. The van der Waals surface area contributed by atoms with Gasteiger partial charge in [-0.1, -0.05) is 21.1 Å². The molecule has 0 bridgehead atoms. The van der Waals surface area contributed by atoms with Crippen molar-refractivity contribution in [3.05, 3.63) is 40.4 Å². The molecule has 2 nitrogen and oxygen atoms in total. The Balaban J connectivity index is 2.32. The molecule has 0 amide bonds. The van der Waals surface area contributed by atoms with Crippen LogP contribution in [0.3, 0.4) is 0 Å². The molecule has 0 aliphatic heterocycles. The molecule has 0 saturated carbocycles. The number of benzene rings is 1. The molecular weight excluding hydrogens is 274 g/mol. The standard InChI is InChI=1S/C11H6BrNOS/c12-7-1-2-11-8(5-7)9(6-15-11)10-3-4-14-13-10/h1-6H. The monoisotopic (exact) mass is 279 g/mol. The molecule has 0 atom stereocenters. The predicted molar refractivity (Wildman–Crippen MR) is 65.0 cm³/mol. The van der Waals surface area contributed by atoms with Gasteiger partial charge in [-0.05, 0) is 18.2 Å². The van der Waals surface area contributed by atoms with Crippen LogP contribution < -0.4 is 0 Å². The minimum atomic E-state index is 0.888. The van der Waals surface area contributed by atoms with Crippen LogP contribution in [0.5, 0.6) is 0 Å². The summed E-state index contributed by atoms with van der Waals surface area (Å²) in [5.41, 5.74) is 2.02. The van der Waals surface area contributed by atoms with Crippen molar-refractivity contribution in [2.45, 2.75) is 0 Å². The molecule has 1 aromatic carbocycles. The number of hydrogen-bond donors (Lipinski definition) is 0. The van der Waals surface area contributed by atoms with Crippen molar-refractivity contribution in [1.29, 1.82) is 0 Å². The zero-order chi connectivity index (χ0) is 10.3. The third-order valence-electron chi connectivity index (χ3n) is 2.25. The Morgan fingerprint density at radius 1 is 1.27 bits per heavy atom. The number of halogens is 1. The molecule has 4 heteroatoms.